The second-order valence-corrected chi connectivity index (χ2v) is 5.66. The number of rotatable bonds is 9. The van der Waals surface area contributed by atoms with Crippen LogP contribution in [0.2, 0.25) is 0 Å². The first-order chi connectivity index (χ1) is 9.23. The molecular weight excluding hydrogens is 260 g/mol. The minimum Gasteiger partial charge on any atom is -0.462 e. The topological polar surface area (TPSA) is 59.1 Å². The third-order valence-corrected chi connectivity index (χ3v) is 2.65. The normalized spacial score (nSPS) is 14.2. The highest BCUT2D eigenvalue weighted by Gasteiger charge is 2.17. The third kappa shape index (κ3) is 8.87. The number of carbonyl (C=O) groups is 2. The first-order valence-corrected chi connectivity index (χ1v) is 6.86. The van der Waals surface area contributed by atoms with Crippen LogP contribution in [0.1, 0.15) is 13.8 Å². The molecule has 0 aliphatic carbocycles. The molecule has 0 saturated carbocycles. The summed E-state index contributed by atoms with van der Waals surface area (Å²) < 4.78 is 10.1. The van der Waals surface area contributed by atoms with E-state index in [9.17, 15) is 9.59 Å². The quantitative estimate of drug-likeness (QED) is 0.454. The van der Waals surface area contributed by atoms with Gasteiger partial charge >= 0.3 is 11.9 Å². The SMILES string of the molecule is CC(CN(C)C)C(=O)OCCOC(=O)C(C)CN(C)C. The molecule has 118 valence electrons. The van der Waals surface area contributed by atoms with Gasteiger partial charge in [0.2, 0.25) is 0 Å². The number of hydrogen-bond donors (Lipinski definition) is 0. The predicted molar refractivity (Wildman–Crippen MR) is 77.4 cm³/mol. The molecule has 6 heteroatoms. The van der Waals surface area contributed by atoms with Crippen molar-refractivity contribution in [2.24, 2.45) is 11.8 Å². The van der Waals surface area contributed by atoms with Crippen LogP contribution in [0.15, 0.2) is 0 Å². The van der Waals surface area contributed by atoms with Gasteiger partial charge in [-0.05, 0) is 28.2 Å². The lowest BCUT2D eigenvalue weighted by Gasteiger charge is -2.17. The molecule has 0 N–H and O–H groups in total. The van der Waals surface area contributed by atoms with Gasteiger partial charge in [-0.1, -0.05) is 13.8 Å². The Bertz CT molecular complexity index is 276. The molecule has 6 nitrogen and oxygen atoms in total. The van der Waals surface area contributed by atoms with Gasteiger partial charge in [0.1, 0.15) is 13.2 Å². The second-order valence-electron chi connectivity index (χ2n) is 5.66. The molecule has 0 aliphatic heterocycles. The molecule has 0 amide bonds. The van der Waals surface area contributed by atoms with Gasteiger partial charge in [0.25, 0.3) is 0 Å². The summed E-state index contributed by atoms with van der Waals surface area (Å²) in [6, 6.07) is 0. The summed E-state index contributed by atoms with van der Waals surface area (Å²) >= 11 is 0. The average molecular weight is 288 g/mol. The van der Waals surface area contributed by atoms with Gasteiger partial charge in [-0.3, -0.25) is 9.59 Å². The average Bonchev–Trinajstić information content (AvgIpc) is 2.32. The van der Waals surface area contributed by atoms with Crippen LogP contribution in [-0.2, 0) is 19.1 Å². The Hall–Kier alpha value is -1.14. The standard InChI is InChI=1S/C14H28N2O4/c1-11(9-15(3)4)13(17)19-7-8-20-14(18)12(2)10-16(5)6/h11-12H,7-10H2,1-6H3. The zero-order chi connectivity index (χ0) is 15.7. The maximum Gasteiger partial charge on any atom is 0.310 e. The molecule has 0 radical (unpaired) electrons. The molecule has 0 heterocycles. The van der Waals surface area contributed by atoms with Gasteiger partial charge in [-0.2, -0.15) is 0 Å². The number of carbonyl (C=O) groups excluding carboxylic acids is 2. The summed E-state index contributed by atoms with van der Waals surface area (Å²) in [5.74, 6) is -0.908. The molecule has 20 heavy (non-hydrogen) atoms. The van der Waals surface area contributed by atoms with Gasteiger partial charge in [-0.15, -0.1) is 0 Å². The number of esters is 2. The van der Waals surface area contributed by atoms with E-state index in [2.05, 4.69) is 0 Å². The van der Waals surface area contributed by atoms with Crippen molar-refractivity contribution in [3.8, 4) is 0 Å². The van der Waals surface area contributed by atoms with Crippen molar-refractivity contribution < 1.29 is 19.1 Å². The van der Waals surface area contributed by atoms with Crippen LogP contribution in [-0.4, -0.2) is 76.2 Å². The molecule has 2 atom stereocenters. The zero-order valence-electron chi connectivity index (χ0n) is 13.5. The highest BCUT2D eigenvalue weighted by molar-refractivity contribution is 5.73. The van der Waals surface area contributed by atoms with Gasteiger partial charge in [0.15, 0.2) is 0 Å². The number of hydrogen-bond acceptors (Lipinski definition) is 6. The summed E-state index contributed by atoms with van der Waals surface area (Å²) in [4.78, 5) is 27.1. The van der Waals surface area contributed by atoms with Gasteiger partial charge in [0, 0.05) is 13.1 Å². The molecule has 0 bridgehead atoms. The van der Waals surface area contributed by atoms with Crippen molar-refractivity contribution in [1.29, 1.82) is 0 Å². The summed E-state index contributed by atoms with van der Waals surface area (Å²) in [6.45, 7) is 5.12. The lowest BCUT2D eigenvalue weighted by atomic mass is 10.2. The molecule has 0 saturated heterocycles. The van der Waals surface area contributed by atoms with Crippen LogP contribution < -0.4 is 0 Å². The number of nitrogens with zero attached hydrogens (tertiary/aromatic N) is 2. The summed E-state index contributed by atoms with van der Waals surface area (Å²) in [5.41, 5.74) is 0. The van der Waals surface area contributed by atoms with Crippen LogP contribution in [0.25, 0.3) is 0 Å². The molecular formula is C14H28N2O4. The lowest BCUT2D eigenvalue weighted by Crippen LogP contribution is -2.29. The summed E-state index contributed by atoms with van der Waals surface area (Å²) in [7, 11) is 7.60. The summed E-state index contributed by atoms with van der Waals surface area (Å²) in [5, 5.41) is 0. The van der Waals surface area contributed by atoms with E-state index in [-0.39, 0.29) is 37.0 Å². The van der Waals surface area contributed by atoms with E-state index in [1.54, 1.807) is 0 Å². The highest BCUT2D eigenvalue weighted by atomic mass is 16.6. The molecule has 0 rings (SSSR count). The minimum atomic E-state index is -0.268. The minimum absolute atomic E-state index is 0.108. The van der Waals surface area contributed by atoms with E-state index in [0.717, 1.165) is 0 Å². The Morgan fingerprint density at radius 3 is 1.35 bits per heavy atom. The Labute approximate surface area is 122 Å². The van der Waals surface area contributed by atoms with Crippen molar-refractivity contribution in [2.75, 3.05) is 54.5 Å². The Balaban J connectivity index is 3.80. The van der Waals surface area contributed by atoms with Crippen molar-refractivity contribution in [1.82, 2.24) is 9.80 Å². The van der Waals surface area contributed by atoms with Gasteiger partial charge in [0.05, 0.1) is 11.8 Å². The van der Waals surface area contributed by atoms with E-state index in [1.807, 2.05) is 51.8 Å². The Morgan fingerprint density at radius 1 is 0.800 bits per heavy atom. The second kappa shape index (κ2) is 9.72. The van der Waals surface area contributed by atoms with Crippen LogP contribution >= 0.6 is 0 Å². The van der Waals surface area contributed by atoms with Crippen LogP contribution in [0.4, 0.5) is 0 Å². The monoisotopic (exact) mass is 288 g/mol. The summed E-state index contributed by atoms with van der Waals surface area (Å²) in [6.07, 6.45) is 0. The Morgan fingerprint density at radius 2 is 1.10 bits per heavy atom. The maximum absolute atomic E-state index is 11.6. The lowest BCUT2D eigenvalue weighted by molar-refractivity contribution is -0.157. The molecule has 0 aromatic carbocycles. The first-order valence-electron chi connectivity index (χ1n) is 6.86. The maximum atomic E-state index is 11.6. The molecule has 0 spiro atoms. The van der Waals surface area contributed by atoms with E-state index in [0.29, 0.717) is 13.1 Å². The van der Waals surface area contributed by atoms with Crippen molar-refractivity contribution in [2.45, 2.75) is 13.8 Å². The number of ether oxygens (including phenoxy) is 2. The van der Waals surface area contributed by atoms with Crippen LogP contribution in [0.3, 0.4) is 0 Å². The molecule has 0 aromatic heterocycles. The van der Waals surface area contributed by atoms with E-state index in [4.69, 9.17) is 9.47 Å². The predicted octanol–water partition coefficient (Wildman–Crippen LogP) is 0.468. The van der Waals surface area contributed by atoms with Crippen molar-refractivity contribution >= 4 is 11.9 Å². The largest absolute Gasteiger partial charge is 0.462 e. The fourth-order valence-electron chi connectivity index (χ4n) is 1.81. The van der Waals surface area contributed by atoms with E-state index < -0.39 is 0 Å². The van der Waals surface area contributed by atoms with E-state index in [1.165, 1.54) is 0 Å². The first kappa shape index (κ1) is 18.9. The zero-order valence-corrected chi connectivity index (χ0v) is 13.5. The van der Waals surface area contributed by atoms with E-state index >= 15 is 0 Å². The molecule has 2 unspecified atom stereocenters. The Kier molecular flexibility index (Phi) is 9.16. The fourth-order valence-corrected chi connectivity index (χ4v) is 1.81. The third-order valence-electron chi connectivity index (χ3n) is 2.65. The fraction of sp³-hybridized carbons (Fsp3) is 0.857. The molecule has 0 fully saturated rings. The van der Waals surface area contributed by atoms with Gasteiger partial charge < -0.3 is 19.3 Å². The van der Waals surface area contributed by atoms with Crippen LogP contribution in [0, 0.1) is 11.8 Å². The van der Waals surface area contributed by atoms with Crippen molar-refractivity contribution in [3.63, 3.8) is 0 Å². The molecule has 0 aromatic rings. The highest BCUT2D eigenvalue weighted by Crippen LogP contribution is 2.02. The van der Waals surface area contributed by atoms with Crippen molar-refractivity contribution in [3.05, 3.63) is 0 Å². The molecule has 0 aliphatic rings. The van der Waals surface area contributed by atoms with Gasteiger partial charge in [-0.25, -0.2) is 0 Å². The van der Waals surface area contributed by atoms with Crippen LogP contribution in [0.5, 0.6) is 0 Å². The smallest absolute Gasteiger partial charge is 0.310 e.